The van der Waals surface area contributed by atoms with Crippen LogP contribution in [0.1, 0.15) is 51.1 Å². The highest BCUT2D eigenvalue weighted by Crippen LogP contribution is 2.63. The van der Waals surface area contributed by atoms with Crippen molar-refractivity contribution in [1.82, 2.24) is 5.32 Å². The Hall–Kier alpha value is -1.39. The van der Waals surface area contributed by atoms with Gasteiger partial charge in [-0.15, -0.1) is 0 Å². The maximum atomic E-state index is 11.1. The summed E-state index contributed by atoms with van der Waals surface area (Å²) in [6, 6.07) is 9.11. The number of hydrogen-bond donors (Lipinski definition) is 2. The number of hydrogen-bond acceptors (Lipinski definition) is 3. The minimum absolute atomic E-state index is 0.0300. The molecular weight excluding hydrogens is 288 g/mol. The van der Waals surface area contributed by atoms with Crippen molar-refractivity contribution in [2.45, 2.75) is 57.7 Å². The Labute approximate surface area is 138 Å². The van der Waals surface area contributed by atoms with Gasteiger partial charge in [0.1, 0.15) is 0 Å². The maximum absolute atomic E-state index is 11.1. The molecule has 4 heteroatoms. The van der Waals surface area contributed by atoms with Crippen LogP contribution in [-0.2, 0) is 9.53 Å². The Morgan fingerprint density at radius 3 is 2.65 bits per heavy atom. The molecule has 2 saturated carbocycles. The zero-order valence-corrected chi connectivity index (χ0v) is 14.0. The van der Waals surface area contributed by atoms with Crippen LogP contribution in [-0.4, -0.2) is 24.7 Å². The highest BCUT2D eigenvalue weighted by atomic mass is 16.5. The second-order valence-electron chi connectivity index (χ2n) is 7.50. The standard InChI is InChI=1S/C19H26N2O2/c1-12(14-4-6-15(7-5-14)21-13(2)22)20-17-16-8-11-23-18(16)19(17)9-3-10-19/h4-7,12,16-18,20H,3,8-11H2,1-2H3,(H,21,22)/t12-,16-,17+,18-/m0/s1. The second kappa shape index (κ2) is 5.60. The molecule has 4 nitrogen and oxygen atoms in total. The second-order valence-corrected chi connectivity index (χ2v) is 7.50. The van der Waals surface area contributed by atoms with Crippen molar-refractivity contribution in [3.05, 3.63) is 29.8 Å². The van der Waals surface area contributed by atoms with Crippen LogP contribution in [0.2, 0.25) is 0 Å². The molecule has 23 heavy (non-hydrogen) atoms. The molecule has 3 aliphatic rings. The van der Waals surface area contributed by atoms with Crippen LogP contribution in [0.15, 0.2) is 24.3 Å². The predicted molar refractivity (Wildman–Crippen MR) is 90.2 cm³/mol. The zero-order chi connectivity index (χ0) is 16.0. The molecule has 4 rings (SSSR count). The molecule has 0 radical (unpaired) electrons. The maximum Gasteiger partial charge on any atom is 0.221 e. The number of nitrogens with one attached hydrogen (secondary N) is 2. The van der Waals surface area contributed by atoms with Gasteiger partial charge in [-0.2, -0.15) is 0 Å². The van der Waals surface area contributed by atoms with E-state index in [1.54, 1.807) is 0 Å². The molecule has 0 aromatic heterocycles. The highest BCUT2D eigenvalue weighted by molar-refractivity contribution is 5.88. The number of amides is 1. The molecule has 0 bridgehead atoms. The van der Waals surface area contributed by atoms with E-state index in [2.05, 4.69) is 29.7 Å². The van der Waals surface area contributed by atoms with Gasteiger partial charge in [0.05, 0.1) is 6.10 Å². The largest absolute Gasteiger partial charge is 0.377 e. The van der Waals surface area contributed by atoms with Gasteiger partial charge in [-0.1, -0.05) is 18.6 Å². The minimum Gasteiger partial charge on any atom is -0.377 e. The fourth-order valence-corrected chi connectivity index (χ4v) is 4.92. The number of ether oxygens (including phenoxy) is 1. The Morgan fingerprint density at radius 1 is 1.30 bits per heavy atom. The number of anilines is 1. The summed E-state index contributed by atoms with van der Waals surface area (Å²) in [6.45, 7) is 4.71. The van der Waals surface area contributed by atoms with Crippen molar-refractivity contribution >= 4 is 11.6 Å². The number of carbonyl (C=O) groups is 1. The summed E-state index contributed by atoms with van der Waals surface area (Å²) < 4.78 is 6.00. The Balaban J connectivity index is 1.43. The average molecular weight is 314 g/mol. The lowest BCUT2D eigenvalue weighted by Crippen LogP contribution is -2.71. The Morgan fingerprint density at radius 2 is 2.04 bits per heavy atom. The lowest BCUT2D eigenvalue weighted by atomic mass is 9.46. The average Bonchev–Trinajstić information content (AvgIpc) is 2.88. The van der Waals surface area contributed by atoms with E-state index in [4.69, 9.17) is 4.74 Å². The normalized spacial score (nSPS) is 31.8. The van der Waals surface area contributed by atoms with Gasteiger partial charge in [-0.25, -0.2) is 0 Å². The molecule has 2 N–H and O–H groups in total. The SMILES string of the molecule is CC(=O)Nc1ccc([C@H](C)N[C@@H]2[C@@H]3CCO[C@@H]3C23CCC3)cc1. The highest BCUT2D eigenvalue weighted by Gasteiger charge is 2.66. The predicted octanol–water partition coefficient (Wildman–Crippen LogP) is 3.25. The van der Waals surface area contributed by atoms with Crippen molar-refractivity contribution in [2.24, 2.45) is 11.3 Å². The molecule has 2 aliphatic carbocycles. The lowest BCUT2D eigenvalue weighted by molar-refractivity contribution is -0.178. The molecule has 1 aromatic rings. The van der Waals surface area contributed by atoms with E-state index in [9.17, 15) is 4.79 Å². The number of rotatable bonds is 4. The van der Waals surface area contributed by atoms with Gasteiger partial charge in [-0.05, 0) is 43.9 Å². The first-order valence-electron chi connectivity index (χ1n) is 8.85. The summed E-state index contributed by atoms with van der Waals surface area (Å²) in [5.74, 6) is 0.675. The van der Waals surface area contributed by atoms with E-state index in [1.165, 1.54) is 38.2 Å². The summed E-state index contributed by atoms with van der Waals surface area (Å²) in [6.07, 6.45) is 5.71. The first-order valence-corrected chi connectivity index (χ1v) is 8.85. The van der Waals surface area contributed by atoms with Crippen LogP contribution in [0.4, 0.5) is 5.69 Å². The van der Waals surface area contributed by atoms with Gasteiger partial charge >= 0.3 is 0 Å². The van der Waals surface area contributed by atoms with Gasteiger partial charge in [0.2, 0.25) is 5.91 Å². The van der Waals surface area contributed by atoms with E-state index < -0.39 is 0 Å². The van der Waals surface area contributed by atoms with Crippen molar-refractivity contribution in [3.63, 3.8) is 0 Å². The molecule has 1 saturated heterocycles. The van der Waals surface area contributed by atoms with Crippen molar-refractivity contribution in [2.75, 3.05) is 11.9 Å². The summed E-state index contributed by atoms with van der Waals surface area (Å²) in [5, 5.41) is 6.71. The van der Waals surface area contributed by atoms with Crippen LogP contribution in [0.3, 0.4) is 0 Å². The molecule has 124 valence electrons. The van der Waals surface area contributed by atoms with Gasteiger partial charge in [-0.3, -0.25) is 4.79 Å². The number of carbonyl (C=O) groups excluding carboxylic acids is 1. The van der Waals surface area contributed by atoms with Crippen molar-refractivity contribution in [3.8, 4) is 0 Å². The van der Waals surface area contributed by atoms with Crippen LogP contribution < -0.4 is 10.6 Å². The smallest absolute Gasteiger partial charge is 0.221 e. The molecule has 1 spiro atoms. The third-order valence-electron chi connectivity index (χ3n) is 6.20. The third kappa shape index (κ3) is 2.39. The summed E-state index contributed by atoms with van der Waals surface area (Å²) >= 11 is 0. The van der Waals surface area contributed by atoms with Crippen LogP contribution in [0.5, 0.6) is 0 Å². The van der Waals surface area contributed by atoms with E-state index in [-0.39, 0.29) is 5.91 Å². The minimum atomic E-state index is -0.0300. The molecule has 0 unspecified atom stereocenters. The molecular formula is C19H26N2O2. The lowest BCUT2D eigenvalue weighted by Gasteiger charge is -2.64. The summed E-state index contributed by atoms with van der Waals surface area (Å²) in [5.41, 5.74) is 2.55. The first-order chi connectivity index (χ1) is 11.1. The van der Waals surface area contributed by atoms with E-state index in [0.717, 1.165) is 12.3 Å². The van der Waals surface area contributed by atoms with E-state index in [1.807, 2.05) is 12.1 Å². The van der Waals surface area contributed by atoms with Gasteiger partial charge in [0.15, 0.2) is 0 Å². The Bertz CT molecular complexity index is 594. The van der Waals surface area contributed by atoms with Gasteiger partial charge in [0.25, 0.3) is 0 Å². The van der Waals surface area contributed by atoms with Gasteiger partial charge in [0, 0.05) is 42.6 Å². The van der Waals surface area contributed by atoms with E-state index in [0.29, 0.717) is 29.5 Å². The van der Waals surface area contributed by atoms with Crippen LogP contribution >= 0.6 is 0 Å². The molecule has 1 aliphatic heterocycles. The third-order valence-corrected chi connectivity index (χ3v) is 6.20. The van der Waals surface area contributed by atoms with E-state index >= 15 is 0 Å². The van der Waals surface area contributed by atoms with Crippen LogP contribution in [0, 0.1) is 11.3 Å². The monoisotopic (exact) mass is 314 g/mol. The van der Waals surface area contributed by atoms with Crippen molar-refractivity contribution < 1.29 is 9.53 Å². The fourth-order valence-electron chi connectivity index (χ4n) is 4.92. The molecule has 3 fully saturated rings. The zero-order valence-electron chi connectivity index (χ0n) is 14.0. The first kappa shape index (κ1) is 15.2. The molecule has 4 atom stereocenters. The molecule has 1 aromatic carbocycles. The molecule has 1 amide bonds. The quantitative estimate of drug-likeness (QED) is 0.897. The number of fused-ring (bicyclic) bond motifs is 2. The molecule has 1 heterocycles. The number of benzene rings is 1. The Kier molecular flexibility index (Phi) is 3.69. The fraction of sp³-hybridized carbons (Fsp3) is 0.632. The summed E-state index contributed by atoms with van der Waals surface area (Å²) in [7, 11) is 0. The van der Waals surface area contributed by atoms with Crippen molar-refractivity contribution in [1.29, 1.82) is 0 Å². The topological polar surface area (TPSA) is 50.4 Å². The van der Waals surface area contributed by atoms with Crippen LogP contribution in [0.25, 0.3) is 0 Å². The van der Waals surface area contributed by atoms with Gasteiger partial charge < -0.3 is 15.4 Å². The summed E-state index contributed by atoms with van der Waals surface area (Å²) in [4.78, 5) is 11.1.